The summed E-state index contributed by atoms with van der Waals surface area (Å²) in [6.07, 6.45) is 1.56. The predicted octanol–water partition coefficient (Wildman–Crippen LogP) is 3.41. The minimum atomic E-state index is -0.366. The van der Waals surface area contributed by atoms with Crippen LogP contribution in [0.1, 0.15) is 12.0 Å². The van der Waals surface area contributed by atoms with Crippen LogP contribution in [0.3, 0.4) is 0 Å². The van der Waals surface area contributed by atoms with E-state index in [1.54, 1.807) is 12.1 Å². The number of nitrogens with zero attached hydrogens (tertiary/aromatic N) is 3. The lowest BCUT2D eigenvalue weighted by Gasteiger charge is -2.07. The molecular weight excluding hydrogens is 392 g/mol. The SMILES string of the molecule is O=C(CCn1cnc2c(-c3ccccc3)noc2c1=O)NCc1ccc(Cl)cc1. The number of fused-ring (bicyclic) bond motifs is 1. The Labute approximate surface area is 170 Å². The van der Waals surface area contributed by atoms with E-state index in [1.165, 1.54) is 10.9 Å². The molecule has 0 aliphatic carbocycles. The Balaban J connectivity index is 1.43. The number of halogens is 1. The van der Waals surface area contributed by atoms with Crippen LogP contribution in [-0.2, 0) is 17.9 Å². The van der Waals surface area contributed by atoms with Crippen LogP contribution in [0.15, 0.2) is 70.2 Å². The number of hydrogen-bond acceptors (Lipinski definition) is 5. The third-order valence-electron chi connectivity index (χ3n) is 4.48. The lowest BCUT2D eigenvalue weighted by Crippen LogP contribution is -2.27. The fourth-order valence-corrected chi connectivity index (χ4v) is 3.04. The number of benzene rings is 2. The molecule has 1 N–H and O–H groups in total. The van der Waals surface area contributed by atoms with E-state index in [9.17, 15) is 9.59 Å². The Hall–Kier alpha value is -3.45. The lowest BCUT2D eigenvalue weighted by atomic mass is 10.1. The molecule has 146 valence electrons. The highest BCUT2D eigenvalue weighted by molar-refractivity contribution is 6.30. The van der Waals surface area contributed by atoms with Crippen LogP contribution in [-0.4, -0.2) is 20.6 Å². The molecule has 4 aromatic rings. The minimum Gasteiger partial charge on any atom is -0.352 e. The van der Waals surface area contributed by atoms with Gasteiger partial charge >= 0.3 is 0 Å². The van der Waals surface area contributed by atoms with Crippen molar-refractivity contribution in [3.8, 4) is 11.3 Å². The maximum Gasteiger partial charge on any atom is 0.299 e. The Kier molecular flexibility index (Phi) is 5.39. The maximum absolute atomic E-state index is 12.6. The Morgan fingerprint density at radius 2 is 1.86 bits per heavy atom. The maximum atomic E-state index is 12.6. The molecule has 0 unspecified atom stereocenters. The summed E-state index contributed by atoms with van der Waals surface area (Å²) in [5.41, 5.74) is 2.40. The molecule has 0 radical (unpaired) electrons. The zero-order valence-electron chi connectivity index (χ0n) is 15.3. The summed E-state index contributed by atoms with van der Waals surface area (Å²) in [6, 6.07) is 16.6. The predicted molar refractivity (Wildman–Crippen MR) is 109 cm³/mol. The molecule has 8 heteroatoms. The highest BCUT2D eigenvalue weighted by atomic mass is 35.5. The Morgan fingerprint density at radius 1 is 1.10 bits per heavy atom. The molecule has 0 bridgehead atoms. The van der Waals surface area contributed by atoms with Crippen LogP contribution in [0.25, 0.3) is 22.4 Å². The van der Waals surface area contributed by atoms with Gasteiger partial charge in [-0.15, -0.1) is 0 Å². The van der Waals surface area contributed by atoms with Gasteiger partial charge < -0.3 is 9.84 Å². The van der Waals surface area contributed by atoms with Crippen molar-refractivity contribution in [1.29, 1.82) is 0 Å². The van der Waals surface area contributed by atoms with Gasteiger partial charge in [0.2, 0.25) is 5.91 Å². The van der Waals surface area contributed by atoms with Crippen LogP contribution >= 0.6 is 11.6 Å². The van der Waals surface area contributed by atoms with Crippen LogP contribution < -0.4 is 10.9 Å². The molecule has 0 aliphatic heterocycles. The summed E-state index contributed by atoms with van der Waals surface area (Å²) < 4.78 is 6.59. The fraction of sp³-hybridized carbons (Fsp3) is 0.143. The first-order chi connectivity index (χ1) is 14.1. The first kappa shape index (κ1) is 18.9. The summed E-state index contributed by atoms with van der Waals surface area (Å²) in [5.74, 6) is -0.172. The molecule has 0 atom stereocenters. The van der Waals surface area contributed by atoms with E-state index in [4.69, 9.17) is 16.1 Å². The van der Waals surface area contributed by atoms with Gasteiger partial charge in [0.05, 0.1) is 6.33 Å². The molecule has 2 aromatic heterocycles. The van der Waals surface area contributed by atoms with Gasteiger partial charge in [0.25, 0.3) is 11.1 Å². The van der Waals surface area contributed by atoms with Crippen molar-refractivity contribution < 1.29 is 9.32 Å². The normalized spacial score (nSPS) is 10.9. The van der Waals surface area contributed by atoms with E-state index >= 15 is 0 Å². The number of rotatable bonds is 6. The van der Waals surface area contributed by atoms with Gasteiger partial charge in [-0.1, -0.05) is 59.2 Å². The van der Waals surface area contributed by atoms with Crippen LogP contribution in [0, 0.1) is 0 Å². The summed E-state index contributed by atoms with van der Waals surface area (Å²) in [5, 5.41) is 7.45. The largest absolute Gasteiger partial charge is 0.352 e. The Morgan fingerprint density at radius 3 is 2.62 bits per heavy atom. The zero-order valence-corrected chi connectivity index (χ0v) is 16.1. The third-order valence-corrected chi connectivity index (χ3v) is 4.73. The van der Waals surface area contributed by atoms with Crippen LogP contribution in [0.5, 0.6) is 0 Å². The summed E-state index contributed by atoms with van der Waals surface area (Å²) in [7, 11) is 0. The molecule has 1 amide bonds. The Bertz CT molecular complexity index is 1200. The van der Waals surface area contributed by atoms with E-state index in [2.05, 4.69) is 15.5 Å². The highest BCUT2D eigenvalue weighted by Gasteiger charge is 2.16. The van der Waals surface area contributed by atoms with Crippen molar-refractivity contribution in [2.45, 2.75) is 19.5 Å². The van der Waals surface area contributed by atoms with Gasteiger partial charge in [0.15, 0.2) is 0 Å². The second kappa shape index (κ2) is 8.28. The average Bonchev–Trinajstić information content (AvgIpc) is 3.18. The van der Waals surface area contributed by atoms with Crippen molar-refractivity contribution in [3.05, 3.63) is 81.9 Å². The number of carbonyl (C=O) groups is 1. The van der Waals surface area contributed by atoms with Gasteiger partial charge in [0.1, 0.15) is 11.2 Å². The standard InChI is InChI=1S/C21H17ClN4O3/c22-16-8-6-14(7-9-16)12-23-17(27)10-11-26-13-24-19-18(15-4-2-1-3-5-15)25-29-20(19)21(26)28/h1-9,13H,10-12H2,(H,23,27). The molecule has 0 spiro atoms. The zero-order chi connectivity index (χ0) is 20.2. The van der Waals surface area contributed by atoms with Crippen molar-refractivity contribution in [2.24, 2.45) is 0 Å². The second-order valence-corrected chi connectivity index (χ2v) is 6.91. The van der Waals surface area contributed by atoms with Gasteiger partial charge in [-0.2, -0.15) is 0 Å². The third kappa shape index (κ3) is 4.20. The number of carbonyl (C=O) groups excluding carboxylic acids is 1. The molecule has 0 aliphatic rings. The number of aryl methyl sites for hydroxylation is 1. The smallest absolute Gasteiger partial charge is 0.299 e. The molecule has 0 saturated heterocycles. The van der Waals surface area contributed by atoms with E-state index in [1.807, 2.05) is 42.5 Å². The van der Waals surface area contributed by atoms with Gasteiger partial charge in [0, 0.05) is 30.1 Å². The molecule has 2 heterocycles. The highest BCUT2D eigenvalue weighted by Crippen LogP contribution is 2.23. The molecule has 29 heavy (non-hydrogen) atoms. The molecule has 2 aromatic carbocycles. The lowest BCUT2D eigenvalue weighted by molar-refractivity contribution is -0.121. The van der Waals surface area contributed by atoms with Crippen LogP contribution in [0.2, 0.25) is 5.02 Å². The second-order valence-electron chi connectivity index (χ2n) is 6.47. The fourth-order valence-electron chi connectivity index (χ4n) is 2.91. The topological polar surface area (TPSA) is 90.0 Å². The molecule has 4 rings (SSSR count). The van der Waals surface area contributed by atoms with Crippen LogP contribution in [0.4, 0.5) is 0 Å². The van der Waals surface area contributed by atoms with Crippen molar-refractivity contribution in [1.82, 2.24) is 20.0 Å². The minimum absolute atomic E-state index is 0.0768. The molecular formula is C21H17ClN4O3. The van der Waals surface area contributed by atoms with Gasteiger partial charge in [-0.3, -0.25) is 14.2 Å². The number of amides is 1. The number of aromatic nitrogens is 3. The van der Waals surface area contributed by atoms with E-state index in [0.717, 1.165) is 11.1 Å². The molecule has 7 nitrogen and oxygen atoms in total. The van der Waals surface area contributed by atoms with Crippen molar-refractivity contribution in [2.75, 3.05) is 0 Å². The monoisotopic (exact) mass is 408 g/mol. The van der Waals surface area contributed by atoms with E-state index in [-0.39, 0.29) is 30.0 Å². The first-order valence-corrected chi connectivity index (χ1v) is 9.41. The quantitative estimate of drug-likeness (QED) is 0.528. The van der Waals surface area contributed by atoms with Gasteiger partial charge in [-0.25, -0.2) is 4.98 Å². The molecule has 0 saturated carbocycles. The van der Waals surface area contributed by atoms with Gasteiger partial charge in [-0.05, 0) is 17.7 Å². The van der Waals surface area contributed by atoms with E-state index < -0.39 is 0 Å². The number of nitrogens with one attached hydrogen (secondary N) is 1. The summed E-state index contributed by atoms with van der Waals surface area (Å²) >= 11 is 5.85. The van der Waals surface area contributed by atoms with E-state index in [0.29, 0.717) is 22.8 Å². The first-order valence-electron chi connectivity index (χ1n) is 9.03. The molecule has 0 fully saturated rings. The van der Waals surface area contributed by atoms with Crippen molar-refractivity contribution >= 4 is 28.6 Å². The summed E-state index contributed by atoms with van der Waals surface area (Å²) in [4.78, 5) is 29.1. The summed E-state index contributed by atoms with van der Waals surface area (Å²) in [6.45, 7) is 0.584. The number of hydrogen-bond donors (Lipinski definition) is 1. The average molecular weight is 409 g/mol. The van der Waals surface area contributed by atoms with Crippen molar-refractivity contribution in [3.63, 3.8) is 0 Å².